The Hall–Kier alpha value is -2.66. The molecule has 0 radical (unpaired) electrons. The minimum atomic E-state index is -0.230. The summed E-state index contributed by atoms with van der Waals surface area (Å²) in [6.45, 7) is 3.62. The number of nitrogens with zero attached hydrogens (tertiary/aromatic N) is 2. The highest BCUT2D eigenvalue weighted by molar-refractivity contribution is 6.31. The highest BCUT2D eigenvalue weighted by atomic mass is 35.5. The molecule has 3 rings (SSSR count). The lowest BCUT2D eigenvalue weighted by molar-refractivity contribution is 0.102. The molecule has 3 aromatic rings. The second kappa shape index (κ2) is 6.22. The van der Waals surface area contributed by atoms with E-state index >= 15 is 0 Å². The van der Waals surface area contributed by atoms with Crippen molar-refractivity contribution in [1.29, 1.82) is 0 Å². The van der Waals surface area contributed by atoms with E-state index < -0.39 is 0 Å². The van der Waals surface area contributed by atoms with Crippen molar-refractivity contribution >= 4 is 23.2 Å². The molecule has 1 heterocycles. The fraction of sp³-hybridized carbons (Fsp3) is 0.118. The molecule has 2 aromatic carbocycles. The third kappa shape index (κ3) is 3.40. The molecule has 1 amide bonds. The minimum absolute atomic E-state index is 0.230. The number of halogens is 1. The summed E-state index contributed by atoms with van der Waals surface area (Å²) in [5.41, 5.74) is 2.82. The number of aromatic nitrogens is 2. The third-order valence-electron chi connectivity index (χ3n) is 3.34. The van der Waals surface area contributed by atoms with Crippen LogP contribution in [-0.4, -0.2) is 16.0 Å². The van der Waals surface area contributed by atoms with Gasteiger partial charge in [-0.2, -0.15) is 4.98 Å². The van der Waals surface area contributed by atoms with Crippen molar-refractivity contribution in [2.45, 2.75) is 13.8 Å². The first kappa shape index (κ1) is 15.2. The van der Waals surface area contributed by atoms with Gasteiger partial charge < -0.3 is 9.84 Å². The van der Waals surface area contributed by atoms with Gasteiger partial charge in [-0.1, -0.05) is 35.0 Å². The molecule has 1 N–H and O–H groups in total. The van der Waals surface area contributed by atoms with E-state index in [0.717, 1.165) is 11.1 Å². The van der Waals surface area contributed by atoms with Crippen LogP contribution in [0.25, 0.3) is 11.4 Å². The molecule has 5 nitrogen and oxygen atoms in total. The highest BCUT2D eigenvalue weighted by Crippen LogP contribution is 2.21. The first-order valence-electron chi connectivity index (χ1n) is 7.01. The van der Waals surface area contributed by atoms with Crippen LogP contribution in [0, 0.1) is 13.8 Å². The lowest BCUT2D eigenvalue weighted by Gasteiger charge is -2.07. The van der Waals surface area contributed by atoms with Crippen LogP contribution in [-0.2, 0) is 0 Å². The topological polar surface area (TPSA) is 68.0 Å². The number of benzene rings is 2. The number of hydrogen-bond acceptors (Lipinski definition) is 4. The van der Waals surface area contributed by atoms with Gasteiger partial charge in [0.1, 0.15) is 0 Å². The lowest BCUT2D eigenvalue weighted by atomic mass is 10.1. The standard InChI is InChI=1S/C17H14ClN3O2/c1-10-6-7-14(9-15(10)18)20-17(22)13-5-3-4-12(8-13)16-19-11(2)23-21-16/h3-9H,1-2H3,(H,20,22). The molecule has 0 aliphatic carbocycles. The molecule has 116 valence electrons. The van der Waals surface area contributed by atoms with Gasteiger partial charge >= 0.3 is 0 Å². The van der Waals surface area contributed by atoms with Crippen molar-refractivity contribution in [3.05, 3.63) is 64.5 Å². The number of carbonyl (C=O) groups excluding carboxylic acids is 1. The molecule has 23 heavy (non-hydrogen) atoms. The van der Waals surface area contributed by atoms with Gasteiger partial charge in [0, 0.05) is 28.8 Å². The maximum absolute atomic E-state index is 12.4. The van der Waals surface area contributed by atoms with Crippen LogP contribution in [0.3, 0.4) is 0 Å². The van der Waals surface area contributed by atoms with E-state index in [1.807, 2.05) is 25.1 Å². The number of hydrogen-bond donors (Lipinski definition) is 1. The van der Waals surface area contributed by atoms with Gasteiger partial charge in [-0.05, 0) is 36.8 Å². The Balaban J connectivity index is 1.83. The van der Waals surface area contributed by atoms with Crippen LogP contribution in [0.2, 0.25) is 5.02 Å². The van der Waals surface area contributed by atoms with Crippen LogP contribution in [0.15, 0.2) is 47.0 Å². The molecule has 0 spiro atoms. The number of anilines is 1. The number of nitrogens with one attached hydrogen (secondary N) is 1. The zero-order valence-electron chi connectivity index (χ0n) is 12.6. The second-order valence-electron chi connectivity index (χ2n) is 5.14. The van der Waals surface area contributed by atoms with Crippen LogP contribution in [0.4, 0.5) is 5.69 Å². The molecule has 0 saturated heterocycles. The third-order valence-corrected chi connectivity index (χ3v) is 3.75. The predicted octanol–water partition coefficient (Wildman–Crippen LogP) is 4.26. The van der Waals surface area contributed by atoms with E-state index in [1.165, 1.54) is 0 Å². The summed E-state index contributed by atoms with van der Waals surface area (Å²) in [4.78, 5) is 16.5. The Labute approximate surface area is 138 Å². The molecule has 0 unspecified atom stereocenters. The zero-order valence-corrected chi connectivity index (χ0v) is 13.4. The van der Waals surface area contributed by atoms with Gasteiger partial charge in [0.2, 0.25) is 11.7 Å². The smallest absolute Gasteiger partial charge is 0.255 e. The van der Waals surface area contributed by atoms with Crippen LogP contribution in [0.1, 0.15) is 21.8 Å². The Morgan fingerprint density at radius 1 is 1.17 bits per heavy atom. The van der Waals surface area contributed by atoms with Crippen LogP contribution >= 0.6 is 11.6 Å². The number of carbonyl (C=O) groups is 1. The molecule has 0 bridgehead atoms. The number of amides is 1. The average molecular weight is 328 g/mol. The van der Waals surface area contributed by atoms with Crippen molar-refractivity contribution in [2.75, 3.05) is 5.32 Å². The van der Waals surface area contributed by atoms with Gasteiger partial charge in [-0.15, -0.1) is 0 Å². The fourth-order valence-corrected chi connectivity index (χ4v) is 2.27. The van der Waals surface area contributed by atoms with Crippen molar-refractivity contribution in [1.82, 2.24) is 10.1 Å². The number of aryl methyl sites for hydroxylation is 2. The largest absolute Gasteiger partial charge is 0.339 e. The highest BCUT2D eigenvalue weighted by Gasteiger charge is 2.11. The van der Waals surface area contributed by atoms with Crippen molar-refractivity contribution in [3.63, 3.8) is 0 Å². The van der Waals surface area contributed by atoms with E-state index in [9.17, 15) is 4.79 Å². The summed E-state index contributed by atoms with van der Waals surface area (Å²) < 4.78 is 4.96. The Bertz CT molecular complexity index is 874. The van der Waals surface area contributed by atoms with Gasteiger partial charge in [-0.3, -0.25) is 4.79 Å². The molecule has 0 atom stereocenters. The molecule has 0 aliphatic rings. The summed E-state index contributed by atoms with van der Waals surface area (Å²) >= 11 is 6.07. The van der Waals surface area contributed by atoms with E-state index in [-0.39, 0.29) is 5.91 Å². The van der Waals surface area contributed by atoms with E-state index in [1.54, 1.807) is 31.2 Å². The van der Waals surface area contributed by atoms with E-state index in [4.69, 9.17) is 16.1 Å². The zero-order chi connectivity index (χ0) is 16.4. The van der Waals surface area contributed by atoms with Gasteiger partial charge in [0.05, 0.1) is 0 Å². The maximum Gasteiger partial charge on any atom is 0.255 e. The predicted molar refractivity (Wildman–Crippen MR) is 88.6 cm³/mol. The van der Waals surface area contributed by atoms with Crippen molar-refractivity contribution in [3.8, 4) is 11.4 Å². The summed E-state index contributed by atoms with van der Waals surface area (Å²) in [5, 5.41) is 7.29. The van der Waals surface area contributed by atoms with Crippen molar-refractivity contribution in [2.24, 2.45) is 0 Å². The summed E-state index contributed by atoms with van der Waals surface area (Å²) in [6, 6.07) is 12.4. The molecule has 6 heteroatoms. The molecular formula is C17H14ClN3O2. The Morgan fingerprint density at radius 3 is 2.70 bits per heavy atom. The Morgan fingerprint density at radius 2 is 2.00 bits per heavy atom. The first-order valence-corrected chi connectivity index (χ1v) is 7.39. The van der Waals surface area contributed by atoms with Gasteiger partial charge in [0.25, 0.3) is 5.91 Å². The summed E-state index contributed by atoms with van der Waals surface area (Å²) in [6.07, 6.45) is 0. The maximum atomic E-state index is 12.4. The monoisotopic (exact) mass is 327 g/mol. The quantitative estimate of drug-likeness (QED) is 0.780. The fourth-order valence-electron chi connectivity index (χ4n) is 2.09. The molecule has 0 saturated carbocycles. The minimum Gasteiger partial charge on any atom is -0.339 e. The van der Waals surface area contributed by atoms with Crippen LogP contribution in [0.5, 0.6) is 0 Å². The van der Waals surface area contributed by atoms with Gasteiger partial charge in [-0.25, -0.2) is 0 Å². The Kier molecular flexibility index (Phi) is 4.12. The molecular weight excluding hydrogens is 314 g/mol. The summed E-state index contributed by atoms with van der Waals surface area (Å²) in [7, 11) is 0. The van der Waals surface area contributed by atoms with Crippen LogP contribution < -0.4 is 5.32 Å². The second-order valence-corrected chi connectivity index (χ2v) is 5.54. The van der Waals surface area contributed by atoms with Gasteiger partial charge in [0.15, 0.2) is 0 Å². The molecule has 0 aliphatic heterocycles. The normalized spacial score (nSPS) is 10.6. The number of rotatable bonds is 3. The lowest BCUT2D eigenvalue weighted by Crippen LogP contribution is -2.12. The average Bonchev–Trinajstić information content (AvgIpc) is 2.98. The van der Waals surface area contributed by atoms with E-state index in [0.29, 0.717) is 28.0 Å². The SMILES string of the molecule is Cc1nc(-c2cccc(C(=O)Nc3ccc(C)c(Cl)c3)c2)no1. The first-order chi connectivity index (χ1) is 11.0. The van der Waals surface area contributed by atoms with Crippen molar-refractivity contribution < 1.29 is 9.32 Å². The van der Waals surface area contributed by atoms with E-state index in [2.05, 4.69) is 15.5 Å². The molecule has 0 fully saturated rings. The summed E-state index contributed by atoms with van der Waals surface area (Å²) in [5.74, 6) is 0.701. The molecule has 1 aromatic heterocycles.